The van der Waals surface area contributed by atoms with Crippen LogP contribution in [0.5, 0.6) is 0 Å². The number of benzene rings is 3. The number of carbonyl (C=O) groups is 1. The van der Waals surface area contributed by atoms with Gasteiger partial charge in [0.25, 0.3) is 5.91 Å². The summed E-state index contributed by atoms with van der Waals surface area (Å²) in [5.41, 5.74) is 1.21. The van der Waals surface area contributed by atoms with Gasteiger partial charge in [-0.05, 0) is 47.9 Å². The minimum absolute atomic E-state index is 0.203. The number of rotatable bonds is 4. The molecule has 0 aliphatic heterocycles. The maximum Gasteiger partial charge on any atom is 0.252 e. The van der Waals surface area contributed by atoms with E-state index in [1.165, 1.54) is 0 Å². The van der Waals surface area contributed by atoms with Gasteiger partial charge >= 0.3 is 0 Å². The number of hydrogen-bond donors (Lipinski definition) is 3. The topological polar surface area (TPSA) is 53.2 Å². The van der Waals surface area contributed by atoms with Crippen molar-refractivity contribution in [2.24, 2.45) is 0 Å². The second-order valence-corrected chi connectivity index (χ2v) is 9.77. The molecule has 3 rings (SSSR count). The third-order valence-corrected chi connectivity index (χ3v) is 5.43. The molecule has 0 spiro atoms. The molecule has 0 saturated carbocycles. The number of halogens is 4. The van der Waals surface area contributed by atoms with Gasteiger partial charge in [-0.25, -0.2) is 0 Å². The monoisotopic (exact) mass is 529 g/mol. The van der Waals surface area contributed by atoms with Crippen LogP contribution in [-0.4, -0.2) is 21.0 Å². The second kappa shape index (κ2) is 9.49. The lowest BCUT2D eigenvalue weighted by Crippen LogP contribution is -2.56. The number of fused-ring (bicyclic) bond motifs is 1. The number of carbonyl (C=O) groups excluding carboxylic acids is 1. The standard InChI is InChI=1S/C20H15BrCl3N3OS/c21-14-10-8-13(9-11-14)17(28)26-18(20(22,23)24)27-19(29)25-16-7-3-5-12-4-1-2-6-15(12)16/h1-11,18H,(H,26,28)(H2,25,27,29). The molecule has 1 unspecified atom stereocenters. The number of anilines is 1. The van der Waals surface area contributed by atoms with Crippen LogP contribution in [0, 0.1) is 0 Å². The van der Waals surface area contributed by atoms with Crippen LogP contribution in [0.25, 0.3) is 10.8 Å². The summed E-state index contributed by atoms with van der Waals surface area (Å²) in [6.07, 6.45) is -1.06. The number of alkyl halides is 3. The maximum atomic E-state index is 12.5. The van der Waals surface area contributed by atoms with Crippen molar-refractivity contribution in [1.29, 1.82) is 0 Å². The van der Waals surface area contributed by atoms with Crippen molar-refractivity contribution in [3.05, 3.63) is 76.8 Å². The van der Waals surface area contributed by atoms with Crippen molar-refractivity contribution in [2.75, 3.05) is 5.32 Å². The molecule has 0 aliphatic carbocycles. The number of hydrogen-bond acceptors (Lipinski definition) is 2. The SMILES string of the molecule is O=C(NC(NC(=S)Nc1cccc2ccccc12)C(Cl)(Cl)Cl)c1ccc(Br)cc1. The van der Waals surface area contributed by atoms with E-state index in [-0.39, 0.29) is 5.11 Å². The van der Waals surface area contributed by atoms with Gasteiger partial charge < -0.3 is 16.0 Å². The molecule has 150 valence electrons. The maximum absolute atomic E-state index is 12.5. The van der Waals surface area contributed by atoms with Gasteiger partial charge in [-0.1, -0.05) is 87.1 Å². The van der Waals surface area contributed by atoms with E-state index in [9.17, 15) is 4.79 Å². The third-order valence-electron chi connectivity index (χ3n) is 4.02. The van der Waals surface area contributed by atoms with Crippen LogP contribution in [0.2, 0.25) is 0 Å². The Labute approximate surface area is 197 Å². The predicted octanol–water partition coefficient (Wildman–Crippen LogP) is 6.02. The Hall–Kier alpha value is -1.57. The van der Waals surface area contributed by atoms with Crippen molar-refractivity contribution in [3.8, 4) is 0 Å². The molecule has 4 nitrogen and oxygen atoms in total. The van der Waals surface area contributed by atoms with E-state index in [0.717, 1.165) is 20.9 Å². The molecule has 1 amide bonds. The molecule has 0 saturated heterocycles. The fourth-order valence-electron chi connectivity index (χ4n) is 2.64. The lowest BCUT2D eigenvalue weighted by Gasteiger charge is -2.28. The minimum atomic E-state index is -1.84. The quantitative estimate of drug-likeness (QED) is 0.219. The average molecular weight is 532 g/mol. The molecular formula is C20H15BrCl3N3OS. The molecule has 29 heavy (non-hydrogen) atoms. The third kappa shape index (κ3) is 5.96. The van der Waals surface area contributed by atoms with Crippen LogP contribution < -0.4 is 16.0 Å². The molecule has 3 N–H and O–H groups in total. The summed E-state index contributed by atoms with van der Waals surface area (Å²) in [5, 5.41) is 10.9. The van der Waals surface area contributed by atoms with Crippen LogP contribution in [0.1, 0.15) is 10.4 Å². The predicted molar refractivity (Wildman–Crippen MR) is 129 cm³/mol. The average Bonchev–Trinajstić information content (AvgIpc) is 2.67. The van der Waals surface area contributed by atoms with Crippen molar-refractivity contribution in [1.82, 2.24) is 10.6 Å². The zero-order valence-electron chi connectivity index (χ0n) is 14.8. The zero-order valence-corrected chi connectivity index (χ0v) is 19.4. The summed E-state index contributed by atoms with van der Waals surface area (Å²) in [6.45, 7) is 0. The Morgan fingerprint density at radius 2 is 1.59 bits per heavy atom. The van der Waals surface area contributed by atoms with Gasteiger partial charge in [0.05, 0.1) is 0 Å². The van der Waals surface area contributed by atoms with Gasteiger partial charge in [-0.3, -0.25) is 4.79 Å². The first kappa shape index (κ1) is 22.1. The Bertz CT molecular complexity index is 1040. The summed E-state index contributed by atoms with van der Waals surface area (Å²) >= 11 is 26.9. The Morgan fingerprint density at radius 3 is 2.28 bits per heavy atom. The number of amides is 1. The van der Waals surface area contributed by atoms with E-state index < -0.39 is 15.9 Å². The van der Waals surface area contributed by atoms with E-state index in [1.54, 1.807) is 24.3 Å². The van der Waals surface area contributed by atoms with Gasteiger partial charge in [0, 0.05) is 21.1 Å². The molecule has 0 aliphatic rings. The highest BCUT2D eigenvalue weighted by Crippen LogP contribution is 2.30. The molecule has 9 heteroatoms. The van der Waals surface area contributed by atoms with Crippen LogP contribution in [0.4, 0.5) is 5.69 Å². The molecule has 0 radical (unpaired) electrons. The molecular weight excluding hydrogens is 517 g/mol. The summed E-state index contributed by atoms with van der Waals surface area (Å²) in [5.74, 6) is -0.408. The Morgan fingerprint density at radius 1 is 0.931 bits per heavy atom. The molecule has 1 atom stereocenters. The van der Waals surface area contributed by atoms with E-state index in [0.29, 0.717) is 5.56 Å². The fourth-order valence-corrected chi connectivity index (χ4v) is 3.46. The van der Waals surface area contributed by atoms with Crippen molar-refractivity contribution in [3.63, 3.8) is 0 Å². The highest BCUT2D eigenvalue weighted by atomic mass is 79.9. The Balaban J connectivity index is 1.73. The second-order valence-electron chi connectivity index (χ2n) is 6.08. The molecule has 3 aromatic rings. The Kier molecular flexibility index (Phi) is 7.24. The molecule has 0 bridgehead atoms. The first-order valence-electron chi connectivity index (χ1n) is 8.42. The summed E-state index contributed by atoms with van der Waals surface area (Å²) in [7, 11) is 0. The van der Waals surface area contributed by atoms with E-state index in [4.69, 9.17) is 47.0 Å². The number of nitrogens with one attached hydrogen (secondary N) is 3. The van der Waals surface area contributed by atoms with Crippen LogP contribution in [-0.2, 0) is 0 Å². The van der Waals surface area contributed by atoms with E-state index in [2.05, 4.69) is 31.9 Å². The summed E-state index contributed by atoms with van der Waals surface area (Å²) < 4.78 is -0.985. The minimum Gasteiger partial charge on any atom is -0.339 e. The highest BCUT2D eigenvalue weighted by molar-refractivity contribution is 9.10. The van der Waals surface area contributed by atoms with Crippen molar-refractivity contribution in [2.45, 2.75) is 9.96 Å². The van der Waals surface area contributed by atoms with Crippen LogP contribution >= 0.6 is 63.0 Å². The molecule has 0 aromatic heterocycles. The van der Waals surface area contributed by atoms with Crippen LogP contribution in [0.3, 0.4) is 0 Å². The van der Waals surface area contributed by atoms with Gasteiger partial charge in [-0.2, -0.15) is 0 Å². The first-order valence-corrected chi connectivity index (χ1v) is 10.8. The fraction of sp³-hybridized carbons (Fsp3) is 0.100. The first-order chi connectivity index (χ1) is 13.7. The number of thiocarbonyl (C=S) groups is 1. The highest BCUT2D eigenvalue weighted by Gasteiger charge is 2.35. The van der Waals surface area contributed by atoms with Crippen LogP contribution in [0.15, 0.2) is 71.2 Å². The lowest BCUT2D eigenvalue weighted by molar-refractivity contribution is 0.0934. The molecule has 0 fully saturated rings. The van der Waals surface area contributed by atoms with E-state index >= 15 is 0 Å². The summed E-state index contributed by atoms with van der Waals surface area (Å²) in [4.78, 5) is 12.5. The largest absolute Gasteiger partial charge is 0.339 e. The normalized spacial score (nSPS) is 12.3. The van der Waals surface area contributed by atoms with E-state index in [1.807, 2.05) is 42.5 Å². The molecule has 0 heterocycles. The van der Waals surface area contributed by atoms with Gasteiger partial charge in [0.15, 0.2) is 5.11 Å². The molecule has 3 aromatic carbocycles. The zero-order chi connectivity index (χ0) is 21.0. The lowest BCUT2D eigenvalue weighted by atomic mass is 10.1. The summed E-state index contributed by atoms with van der Waals surface area (Å²) in [6, 6.07) is 20.5. The van der Waals surface area contributed by atoms with Gasteiger partial charge in [0.2, 0.25) is 3.79 Å². The van der Waals surface area contributed by atoms with Crippen molar-refractivity contribution >= 4 is 90.4 Å². The van der Waals surface area contributed by atoms with Crippen molar-refractivity contribution < 1.29 is 4.79 Å². The van der Waals surface area contributed by atoms with Gasteiger partial charge in [-0.15, -0.1) is 0 Å². The smallest absolute Gasteiger partial charge is 0.252 e. The van der Waals surface area contributed by atoms with Gasteiger partial charge in [0.1, 0.15) is 6.17 Å².